The summed E-state index contributed by atoms with van der Waals surface area (Å²) in [5, 5.41) is 4.19. The van der Waals surface area contributed by atoms with Gasteiger partial charge < -0.3 is 21.5 Å². The molecule has 112 valence electrons. The first-order valence-electron chi connectivity index (χ1n) is 6.26. The van der Waals surface area contributed by atoms with E-state index in [0.29, 0.717) is 35.1 Å². The Morgan fingerprint density at radius 1 is 1.14 bits per heavy atom. The van der Waals surface area contributed by atoms with Crippen molar-refractivity contribution < 1.29 is 4.74 Å². The number of anilines is 2. The van der Waals surface area contributed by atoms with Crippen LogP contribution in [-0.2, 0) is 11.3 Å². The Hall–Kier alpha value is -1.97. The lowest BCUT2D eigenvalue weighted by Gasteiger charge is -2.04. The van der Waals surface area contributed by atoms with Crippen LogP contribution in [0.3, 0.4) is 0 Å². The Morgan fingerprint density at radius 2 is 1.81 bits per heavy atom. The molecule has 0 spiro atoms. The first-order valence-corrected chi connectivity index (χ1v) is 7.07. The van der Waals surface area contributed by atoms with Crippen molar-refractivity contribution in [2.75, 3.05) is 31.7 Å². The van der Waals surface area contributed by atoms with Crippen molar-refractivity contribution in [2.45, 2.75) is 16.9 Å². The molecule has 0 saturated heterocycles. The lowest BCUT2D eigenvalue weighted by Crippen LogP contribution is -2.18. The van der Waals surface area contributed by atoms with Gasteiger partial charge in [0.15, 0.2) is 10.3 Å². The summed E-state index contributed by atoms with van der Waals surface area (Å²) in [5.41, 5.74) is 12.2. The summed E-state index contributed by atoms with van der Waals surface area (Å²) in [7, 11) is 1.67. The van der Waals surface area contributed by atoms with Crippen LogP contribution in [0.25, 0.3) is 0 Å². The maximum atomic E-state index is 5.61. The molecule has 2 heterocycles. The zero-order chi connectivity index (χ0) is 15.1. The van der Waals surface area contributed by atoms with E-state index in [1.54, 1.807) is 19.5 Å². The third-order valence-electron chi connectivity index (χ3n) is 2.42. The van der Waals surface area contributed by atoms with E-state index in [-0.39, 0.29) is 0 Å². The fourth-order valence-electron chi connectivity index (χ4n) is 1.48. The van der Waals surface area contributed by atoms with Crippen LogP contribution in [0.15, 0.2) is 28.8 Å². The predicted molar refractivity (Wildman–Crippen MR) is 80.6 cm³/mol. The number of nitrogens with two attached hydrogens (primary N) is 2. The summed E-state index contributed by atoms with van der Waals surface area (Å²) < 4.78 is 4.95. The van der Waals surface area contributed by atoms with Crippen LogP contribution >= 0.6 is 11.8 Å². The van der Waals surface area contributed by atoms with Crippen LogP contribution in [0.2, 0.25) is 0 Å². The molecule has 0 atom stereocenters. The third kappa shape index (κ3) is 5.14. The smallest absolute Gasteiger partial charge is 0.199 e. The highest BCUT2D eigenvalue weighted by atomic mass is 32.2. The summed E-state index contributed by atoms with van der Waals surface area (Å²) in [4.78, 5) is 16.6. The Bertz CT molecular complexity index is 558. The summed E-state index contributed by atoms with van der Waals surface area (Å²) in [6.07, 6.45) is 3.51. The SMILES string of the molecule is COCCNCc1cnc(Sc2nc(N)cc(N)n2)nc1. The van der Waals surface area contributed by atoms with Crippen molar-refractivity contribution in [3.8, 4) is 0 Å². The van der Waals surface area contributed by atoms with Crippen molar-refractivity contribution in [2.24, 2.45) is 0 Å². The van der Waals surface area contributed by atoms with Crippen LogP contribution in [0.5, 0.6) is 0 Å². The van der Waals surface area contributed by atoms with Crippen LogP contribution in [0, 0.1) is 0 Å². The van der Waals surface area contributed by atoms with E-state index in [1.807, 2.05) is 0 Å². The van der Waals surface area contributed by atoms with Gasteiger partial charge in [0.2, 0.25) is 0 Å². The maximum absolute atomic E-state index is 5.61. The molecule has 0 aliphatic rings. The fraction of sp³-hybridized carbons (Fsp3) is 0.333. The van der Waals surface area contributed by atoms with E-state index < -0.39 is 0 Å². The van der Waals surface area contributed by atoms with E-state index >= 15 is 0 Å². The van der Waals surface area contributed by atoms with Crippen LogP contribution in [0.4, 0.5) is 11.6 Å². The highest BCUT2D eigenvalue weighted by Gasteiger charge is 2.06. The van der Waals surface area contributed by atoms with Gasteiger partial charge in [0, 0.05) is 44.2 Å². The minimum atomic E-state index is 0.323. The Balaban J connectivity index is 1.92. The summed E-state index contributed by atoms with van der Waals surface area (Å²) in [6.45, 7) is 2.14. The third-order valence-corrected chi connectivity index (χ3v) is 3.18. The van der Waals surface area contributed by atoms with Crippen LogP contribution in [0.1, 0.15) is 5.56 Å². The molecule has 0 radical (unpaired) electrons. The Morgan fingerprint density at radius 3 is 2.43 bits per heavy atom. The average molecular weight is 307 g/mol. The van der Waals surface area contributed by atoms with Crippen molar-refractivity contribution in [1.82, 2.24) is 25.3 Å². The van der Waals surface area contributed by atoms with E-state index in [1.165, 1.54) is 17.8 Å². The number of hydrogen-bond acceptors (Lipinski definition) is 9. The molecule has 5 N–H and O–H groups in total. The number of nitrogens with one attached hydrogen (secondary N) is 1. The van der Waals surface area contributed by atoms with Crippen molar-refractivity contribution >= 4 is 23.4 Å². The minimum Gasteiger partial charge on any atom is -0.383 e. The molecule has 0 fully saturated rings. The Labute approximate surface area is 126 Å². The normalized spacial score (nSPS) is 10.7. The van der Waals surface area contributed by atoms with Gasteiger partial charge in [-0.2, -0.15) is 0 Å². The highest BCUT2D eigenvalue weighted by Crippen LogP contribution is 2.22. The quantitative estimate of drug-likeness (QED) is 0.489. The van der Waals surface area contributed by atoms with Gasteiger partial charge in [-0.15, -0.1) is 0 Å². The second kappa shape index (κ2) is 7.72. The van der Waals surface area contributed by atoms with E-state index in [2.05, 4.69) is 25.3 Å². The van der Waals surface area contributed by atoms with E-state index in [4.69, 9.17) is 16.2 Å². The number of methoxy groups -OCH3 is 1. The molecule has 0 bridgehead atoms. The van der Waals surface area contributed by atoms with Gasteiger partial charge in [-0.3, -0.25) is 0 Å². The van der Waals surface area contributed by atoms with Crippen LogP contribution in [-0.4, -0.2) is 40.2 Å². The van der Waals surface area contributed by atoms with Crippen molar-refractivity contribution in [1.29, 1.82) is 0 Å². The van der Waals surface area contributed by atoms with Gasteiger partial charge in [0.1, 0.15) is 11.6 Å². The van der Waals surface area contributed by atoms with Gasteiger partial charge in [-0.05, 0) is 11.8 Å². The number of rotatable bonds is 7. The second-order valence-electron chi connectivity index (χ2n) is 4.15. The number of nitrogen functional groups attached to an aromatic ring is 2. The number of nitrogens with zero attached hydrogens (tertiary/aromatic N) is 4. The fourth-order valence-corrected chi connectivity index (χ4v) is 2.16. The molecule has 0 aliphatic heterocycles. The van der Waals surface area contributed by atoms with Crippen molar-refractivity contribution in [3.05, 3.63) is 24.0 Å². The van der Waals surface area contributed by atoms with Gasteiger partial charge >= 0.3 is 0 Å². The summed E-state index contributed by atoms with van der Waals surface area (Å²) in [5.74, 6) is 0.646. The first kappa shape index (κ1) is 15.4. The van der Waals surface area contributed by atoms with Gasteiger partial charge in [0.05, 0.1) is 6.61 Å². The monoisotopic (exact) mass is 307 g/mol. The van der Waals surface area contributed by atoms with Gasteiger partial charge in [0.25, 0.3) is 0 Å². The minimum absolute atomic E-state index is 0.323. The largest absolute Gasteiger partial charge is 0.383 e. The summed E-state index contributed by atoms with van der Waals surface area (Å²) >= 11 is 1.21. The molecule has 0 aromatic carbocycles. The Kier molecular flexibility index (Phi) is 5.67. The zero-order valence-electron chi connectivity index (χ0n) is 11.6. The number of ether oxygens (including phenoxy) is 1. The lowest BCUT2D eigenvalue weighted by molar-refractivity contribution is 0.199. The molecule has 0 aliphatic carbocycles. The maximum Gasteiger partial charge on any atom is 0.199 e. The molecule has 0 saturated carbocycles. The molecule has 8 nitrogen and oxygen atoms in total. The molecule has 2 aromatic heterocycles. The van der Waals surface area contributed by atoms with Gasteiger partial charge in [-0.25, -0.2) is 19.9 Å². The molecule has 2 aromatic rings. The molecular formula is C12H17N7OS. The van der Waals surface area contributed by atoms with E-state index in [9.17, 15) is 0 Å². The molecule has 2 rings (SSSR count). The zero-order valence-corrected chi connectivity index (χ0v) is 12.4. The molecule has 21 heavy (non-hydrogen) atoms. The average Bonchev–Trinajstić information content (AvgIpc) is 2.44. The topological polar surface area (TPSA) is 125 Å². The standard InChI is InChI=1S/C12H17N7OS/c1-20-3-2-15-5-8-6-16-11(17-7-8)21-12-18-9(13)4-10(14)19-12/h4,6-7,15H,2-3,5H2,1H3,(H4,13,14,18,19). The summed E-state index contributed by atoms with van der Waals surface area (Å²) in [6, 6.07) is 1.50. The van der Waals surface area contributed by atoms with E-state index in [0.717, 1.165) is 12.1 Å². The predicted octanol–water partition coefficient (Wildman–Crippen LogP) is 0.318. The molecule has 0 unspecified atom stereocenters. The number of hydrogen-bond donors (Lipinski definition) is 3. The molecular weight excluding hydrogens is 290 g/mol. The second-order valence-corrected chi connectivity index (χ2v) is 5.08. The van der Waals surface area contributed by atoms with Crippen LogP contribution < -0.4 is 16.8 Å². The number of aromatic nitrogens is 4. The van der Waals surface area contributed by atoms with Crippen molar-refractivity contribution in [3.63, 3.8) is 0 Å². The highest BCUT2D eigenvalue weighted by molar-refractivity contribution is 7.99. The molecule has 9 heteroatoms. The first-order chi connectivity index (χ1) is 10.2. The lowest BCUT2D eigenvalue weighted by atomic mass is 10.3. The molecule has 0 amide bonds. The van der Waals surface area contributed by atoms with Gasteiger partial charge in [-0.1, -0.05) is 0 Å².